The zero-order valence-electron chi connectivity index (χ0n) is 20.8. The Balaban J connectivity index is 1.58. The molecule has 1 N–H and O–H groups in total. The molecule has 0 aliphatic carbocycles. The van der Waals surface area contributed by atoms with Crippen molar-refractivity contribution in [3.05, 3.63) is 71.8 Å². The number of aliphatic hydroxyl groups is 1. The molecular formula is C28H37N3O4. The van der Waals surface area contributed by atoms with Gasteiger partial charge in [0.05, 0.1) is 19.1 Å². The highest BCUT2D eigenvalue weighted by molar-refractivity contribution is 5.87. The predicted molar refractivity (Wildman–Crippen MR) is 135 cm³/mol. The van der Waals surface area contributed by atoms with Crippen LogP contribution in [0.4, 0.5) is 0 Å². The van der Waals surface area contributed by atoms with E-state index in [2.05, 4.69) is 9.80 Å². The Hall–Kier alpha value is -2.74. The lowest BCUT2D eigenvalue weighted by molar-refractivity contribution is -0.150. The van der Waals surface area contributed by atoms with E-state index in [1.807, 2.05) is 72.5 Å². The van der Waals surface area contributed by atoms with Gasteiger partial charge in [-0.25, -0.2) is 0 Å². The molecule has 0 saturated carbocycles. The first-order valence-corrected chi connectivity index (χ1v) is 12.6. The first-order valence-electron chi connectivity index (χ1n) is 12.6. The van der Waals surface area contributed by atoms with E-state index in [9.17, 15) is 14.7 Å². The maximum atomic E-state index is 14.0. The topological polar surface area (TPSA) is 73.3 Å². The number of carbonyl (C=O) groups is 2. The molecule has 2 aromatic rings. The number of amides is 1. The number of esters is 1. The van der Waals surface area contributed by atoms with E-state index in [0.29, 0.717) is 32.7 Å². The maximum absolute atomic E-state index is 14.0. The predicted octanol–water partition coefficient (Wildman–Crippen LogP) is 2.35. The lowest BCUT2D eigenvalue weighted by Gasteiger charge is -2.46. The zero-order valence-corrected chi connectivity index (χ0v) is 20.8. The van der Waals surface area contributed by atoms with Crippen LogP contribution in [0.25, 0.3) is 0 Å². The van der Waals surface area contributed by atoms with Crippen LogP contribution in [-0.2, 0) is 14.3 Å². The number of nitrogens with zero attached hydrogens (tertiary/aromatic N) is 3. The normalized spacial score (nSPS) is 22.7. The van der Waals surface area contributed by atoms with Gasteiger partial charge in [-0.1, -0.05) is 60.7 Å². The van der Waals surface area contributed by atoms with Gasteiger partial charge in [-0.15, -0.1) is 0 Å². The number of β-amino-alcohol motifs (C(OH)–C–C–N with tert-alkyl or cyclic N) is 1. The molecule has 3 atom stereocenters. The molecule has 2 aliphatic heterocycles. The number of hydrogen-bond acceptors (Lipinski definition) is 6. The van der Waals surface area contributed by atoms with E-state index >= 15 is 0 Å². The fraction of sp³-hybridized carbons (Fsp3) is 0.500. The number of aliphatic hydroxyl groups excluding tert-OH is 1. The van der Waals surface area contributed by atoms with Crippen LogP contribution >= 0.6 is 0 Å². The third kappa shape index (κ3) is 6.10. The molecule has 2 fully saturated rings. The smallest absolute Gasteiger partial charge is 0.322 e. The number of hydrogen-bond donors (Lipinski definition) is 1. The molecule has 4 rings (SSSR count). The minimum Gasteiger partial charge on any atom is -0.468 e. The van der Waals surface area contributed by atoms with Gasteiger partial charge < -0.3 is 14.7 Å². The van der Waals surface area contributed by atoms with Gasteiger partial charge in [0.15, 0.2) is 0 Å². The highest BCUT2D eigenvalue weighted by Gasteiger charge is 2.38. The Morgan fingerprint density at radius 3 is 2.17 bits per heavy atom. The van der Waals surface area contributed by atoms with Crippen LogP contribution in [0.1, 0.15) is 36.8 Å². The highest BCUT2D eigenvalue weighted by Crippen LogP contribution is 2.29. The first kappa shape index (κ1) is 25.4. The van der Waals surface area contributed by atoms with E-state index in [1.165, 1.54) is 7.11 Å². The van der Waals surface area contributed by atoms with Gasteiger partial charge in [0.1, 0.15) is 6.04 Å². The number of methoxy groups -OCH3 is 1. The Labute approximate surface area is 208 Å². The summed E-state index contributed by atoms with van der Waals surface area (Å²) in [5, 5.41) is 10.2. The van der Waals surface area contributed by atoms with Crippen molar-refractivity contribution >= 4 is 11.9 Å². The van der Waals surface area contributed by atoms with E-state index in [-0.39, 0.29) is 29.9 Å². The third-order valence-corrected chi connectivity index (χ3v) is 7.34. The average molecular weight is 480 g/mol. The minimum atomic E-state index is -0.393. The Morgan fingerprint density at radius 2 is 1.60 bits per heavy atom. The maximum Gasteiger partial charge on any atom is 0.322 e. The number of piperazine rings is 1. The molecule has 7 nitrogen and oxygen atoms in total. The van der Waals surface area contributed by atoms with Crippen LogP contribution in [0.15, 0.2) is 60.7 Å². The van der Waals surface area contributed by atoms with Gasteiger partial charge in [-0.05, 0) is 37.4 Å². The summed E-state index contributed by atoms with van der Waals surface area (Å²) in [4.78, 5) is 32.8. The molecule has 2 aromatic carbocycles. The Bertz CT molecular complexity index is 931. The van der Waals surface area contributed by atoms with Gasteiger partial charge in [-0.3, -0.25) is 19.4 Å². The zero-order chi connectivity index (χ0) is 24.8. The molecule has 2 saturated heterocycles. The summed E-state index contributed by atoms with van der Waals surface area (Å²) in [6.45, 7) is 5.79. The second-order valence-electron chi connectivity index (χ2n) is 9.69. The molecule has 0 aromatic heterocycles. The van der Waals surface area contributed by atoms with E-state index in [4.69, 9.17) is 4.74 Å². The van der Waals surface area contributed by atoms with Crippen LogP contribution in [0.3, 0.4) is 0 Å². The number of carbonyl (C=O) groups excluding carboxylic acids is 2. The summed E-state index contributed by atoms with van der Waals surface area (Å²) >= 11 is 0. The standard InChI is InChI=1S/C28H37N3O4/c1-21(28(34)35-2)31-17-16-30(19-24(31)18-29-15-9-14-25(32)20-29)27(33)26(22-10-5-3-6-11-22)23-12-7-4-8-13-23/h3-8,10-13,21,24-26,32H,9,14-20H2,1-2H3. The molecule has 1 amide bonds. The molecular weight excluding hydrogens is 442 g/mol. The van der Waals surface area contributed by atoms with Crippen LogP contribution in [-0.4, -0.2) is 96.2 Å². The molecule has 0 spiro atoms. The number of rotatable bonds is 7. The quantitative estimate of drug-likeness (QED) is 0.615. The molecule has 2 aliphatic rings. The van der Waals surface area contributed by atoms with Crippen LogP contribution in [0.5, 0.6) is 0 Å². The third-order valence-electron chi connectivity index (χ3n) is 7.34. The van der Waals surface area contributed by atoms with Crippen molar-refractivity contribution in [1.82, 2.24) is 14.7 Å². The molecule has 0 bridgehead atoms. The van der Waals surface area contributed by atoms with Crippen molar-refractivity contribution in [2.45, 2.75) is 43.9 Å². The summed E-state index contributed by atoms with van der Waals surface area (Å²) in [6, 6.07) is 19.4. The fourth-order valence-corrected chi connectivity index (χ4v) is 5.49. The van der Waals surface area contributed by atoms with Crippen molar-refractivity contribution in [3.63, 3.8) is 0 Å². The van der Waals surface area contributed by atoms with Gasteiger partial charge >= 0.3 is 5.97 Å². The van der Waals surface area contributed by atoms with E-state index < -0.39 is 6.04 Å². The number of ether oxygens (including phenoxy) is 1. The number of likely N-dealkylation sites (tertiary alicyclic amines) is 1. The van der Waals surface area contributed by atoms with Crippen molar-refractivity contribution in [2.24, 2.45) is 0 Å². The summed E-state index contributed by atoms with van der Waals surface area (Å²) in [5.41, 5.74) is 1.95. The fourth-order valence-electron chi connectivity index (χ4n) is 5.49. The lowest BCUT2D eigenvalue weighted by atomic mass is 9.89. The van der Waals surface area contributed by atoms with Crippen LogP contribution in [0, 0.1) is 0 Å². The van der Waals surface area contributed by atoms with Crippen LogP contribution in [0.2, 0.25) is 0 Å². The largest absolute Gasteiger partial charge is 0.468 e. The molecule has 0 radical (unpaired) electrons. The highest BCUT2D eigenvalue weighted by atomic mass is 16.5. The second-order valence-corrected chi connectivity index (χ2v) is 9.69. The average Bonchev–Trinajstić information content (AvgIpc) is 2.89. The van der Waals surface area contributed by atoms with Gasteiger partial charge in [0.25, 0.3) is 0 Å². The van der Waals surface area contributed by atoms with Gasteiger partial charge in [-0.2, -0.15) is 0 Å². The van der Waals surface area contributed by atoms with Crippen molar-refractivity contribution in [1.29, 1.82) is 0 Å². The van der Waals surface area contributed by atoms with Crippen molar-refractivity contribution in [3.8, 4) is 0 Å². The Kier molecular flexibility index (Phi) is 8.55. The molecule has 188 valence electrons. The second kappa shape index (κ2) is 11.8. The molecule has 2 heterocycles. The molecule has 35 heavy (non-hydrogen) atoms. The summed E-state index contributed by atoms with van der Waals surface area (Å²) in [6.07, 6.45) is 1.45. The van der Waals surface area contributed by atoms with Crippen molar-refractivity contribution in [2.75, 3.05) is 46.4 Å². The SMILES string of the molecule is COC(=O)C(C)N1CCN(C(=O)C(c2ccccc2)c2ccccc2)CC1CN1CCCC(O)C1. The number of benzene rings is 2. The first-order chi connectivity index (χ1) is 17.0. The summed E-state index contributed by atoms with van der Waals surface area (Å²) < 4.78 is 5.03. The number of piperidine rings is 1. The minimum absolute atomic E-state index is 0.0284. The summed E-state index contributed by atoms with van der Waals surface area (Å²) in [5.74, 6) is -0.559. The Morgan fingerprint density at radius 1 is 0.971 bits per heavy atom. The monoisotopic (exact) mass is 479 g/mol. The summed E-state index contributed by atoms with van der Waals surface area (Å²) in [7, 11) is 1.42. The molecule has 3 unspecified atom stereocenters. The van der Waals surface area contributed by atoms with Crippen molar-refractivity contribution < 1.29 is 19.4 Å². The van der Waals surface area contributed by atoms with Gasteiger partial charge in [0.2, 0.25) is 5.91 Å². The van der Waals surface area contributed by atoms with Crippen LogP contribution < -0.4 is 0 Å². The van der Waals surface area contributed by atoms with E-state index in [1.54, 1.807) is 0 Å². The van der Waals surface area contributed by atoms with E-state index in [0.717, 1.165) is 30.5 Å². The van der Waals surface area contributed by atoms with Gasteiger partial charge in [0, 0.05) is 38.8 Å². The lowest BCUT2D eigenvalue weighted by Crippen LogP contribution is -2.62. The molecule has 7 heteroatoms.